The van der Waals surface area contributed by atoms with E-state index in [9.17, 15) is 14.4 Å². The molecule has 2 rings (SSSR count). The maximum absolute atomic E-state index is 12.3. The molecule has 0 aromatic heterocycles. The Morgan fingerprint density at radius 2 is 1.93 bits per heavy atom. The van der Waals surface area contributed by atoms with Crippen LogP contribution in [0, 0.1) is 0 Å². The zero-order chi connectivity index (χ0) is 20.0. The molecule has 0 spiro atoms. The van der Waals surface area contributed by atoms with Crippen molar-refractivity contribution >= 4 is 39.5 Å². The van der Waals surface area contributed by atoms with Gasteiger partial charge in [0.05, 0.1) is 32.1 Å². The Balaban J connectivity index is 2.46. The molecule has 1 aromatic carbocycles. The number of methoxy groups -OCH3 is 2. The van der Waals surface area contributed by atoms with Gasteiger partial charge in [0.2, 0.25) is 0 Å². The molecule has 27 heavy (non-hydrogen) atoms. The first-order valence-electron chi connectivity index (χ1n) is 7.80. The third-order valence-corrected chi connectivity index (χ3v) is 4.36. The van der Waals surface area contributed by atoms with E-state index in [2.05, 4.69) is 21.2 Å². The summed E-state index contributed by atoms with van der Waals surface area (Å²) in [7, 11) is 3.94. The zero-order valence-corrected chi connectivity index (χ0v) is 16.6. The second-order valence-corrected chi connectivity index (χ2v) is 6.15. The van der Waals surface area contributed by atoms with Crippen LogP contribution in [-0.4, -0.2) is 59.1 Å². The Bertz CT molecular complexity index is 779. The standard InChI is InChI=1S/C17H19BrN2O7/c1-19-14(21)8-27-10-4-5-12(18)13(6-10)20-9-26-7-11(16(22)24-2)15(20)17(23)25-3/h4-6H,7-9H2,1-3H3,(H,19,21). The monoisotopic (exact) mass is 442 g/mol. The molecule has 0 bridgehead atoms. The van der Waals surface area contributed by atoms with Gasteiger partial charge in [-0.3, -0.25) is 4.79 Å². The van der Waals surface area contributed by atoms with E-state index in [1.54, 1.807) is 18.2 Å². The van der Waals surface area contributed by atoms with Crippen LogP contribution in [0.5, 0.6) is 5.75 Å². The maximum atomic E-state index is 12.3. The minimum atomic E-state index is -0.706. The lowest BCUT2D eigenvalue weighted by molar-refractivity contribution is -0.140. The predicted octanol–water partition coefficient (Wildman–Crippen LogP) is 0.968. The molecule has 0 unspecified atom stereocenters. The lowest BCUT2D eigenvalue weighted by Gasteiger charge is -2.32. The van der Waals surface area contributed by atoms with Crippen LogP contribution >= 0.6 is 15.9 Å². The lowest BCUT2D eigenvalue weighted by atomic mass is 10.1. The smallest absolute Gasteiger partial charge is 0.355 e. The number of hydrogen-bond donors (Lipinski definition) is 1. The zero-order valence-electron chi connectivity index (χ0n) is 15.0. The van der Waals surface area contributed by atoms with Gasteiger partial charge in [0.1, 0.15) is 18.2 Å². The van der Waals surface area contributed by atoms with Gasteiger partial charge in [-0.05, 0) is 28.1 Å². The van der Waals surface area contributed by atoms with Gasteiger partial charge in [-0.2, -0.15) is 0 Å². The average Bonchev–Trinajstić information content (AvgIpc) is 2.71. The summed E-state index contributed by atoms with van der Waals surface area (Å²) in [6.07, 6.45) is 0. The maximum Gasteiger partial charge on any atom is 0.355 e. The largest absolute Gasteiger partial charge is 0.484 e. The number of nitrogens with one attached hydrogen (secondary N) is 1. The van der Waals surface area contributed by atoms with Gasteiger partial charge in [-0.15, -0.1) is 0 Å². The number of amides is 1. The van der Waals surface area contributed by atoms with Gasteiger partial charge < -0.3 is 29.2 Å². The predicted molar refractivity (Wildman–Crippen MR) is 98.1 cm³/mol. The Labute approximate surface area is 164 Å². The number of likely N-dealkylation sites (N-methyl/N-ethyl adjacent to an activating group) is 1. The summed E-state index contributed by atoms with van der Waals surface area (Å²) in [5.74, 6) is -1.29. The molecule has 0 atom stereocenters. The van der Waals surface area contributed by atoms with Crippen molar-refractivity contribution in [1.82, 2.24) is 5.32 Å². The molecule has 1 aromatic rings. The van der Waals surface area contributed by atoms with Gasteiger partial charge >= 0.3 is 11.9 Å². The normalized spacial score (nSPS) is 13.9. The molecule has 10 heteroatoms. The van der Waals surface area contributed by atoms with E-state index in [-0.39, 0.29) is 37.1 Å². The summed E-state index contributed by atoms with van der Waals surface area (Å²) >= 11 is 3.41. The van der Waals surface area contributed by atoms with Crippen molar-refractivity contribution in [2.45, 2.75) is 0 Å². The van der Waals surface area contributed by atoms with E-state index >= 15 is 0 Å². The Morgan fingerprint density at radius 3 is 2.56 bits per heavy atom. The van der Waals surface area contributed by atoms with Crippen molar-refractivity contribution in [2.24, 2.45) is 0 Å². The molecular formula is C17H19BrN2O7. The summed E-state index contributed by atoms with van der Waals surface area (Å²) in [6, 6.07) is 4.96. The number of benzene rings is 1. The molecule has 0 saturated carbocycles. The Kier molecular flexibility index (Phi) is 7.19. The summed E-state index contributed by atoms with van der Waals surface area (Å²) < 4.78 is 21.1. The molecule has 1 aliphatic heterocycles. The number of ether oxygens (including phenoxy) is 4. The summed E-state index contributed by atoms with van der Waals surface area (Å²) in [4.78, 5) is 37.3. The highest BCUT2D eigenvalue weighted by Crippen LogP contribution is 2.35. The third kappa shape index (κ3) is 4.77. The number of carbonyl (C=O) groups is 3. The van der Waals surface area contributed by atoms with E-state index < -0.39 is 11.9 Å². The fourth-order valence-corrected chi connectivity index (χ4v) is 2.80. The molecule has 1 amide bonds. The molecule has 9 nitrogen and oxygen atoms in total. The number of hydrogen-bond acceptors (Lipinski definition) is 8. The summed E-state index contributed by atoms with van der Waals surface area (Å²) in [5.41, 5.74) is 0.546. The van der Waals surface area contributed by atoms with E-state index in [1.807, 2.05) is 0 Å². The minimum absolute atomic E-state index is 0.00241. The molecule has 0 fully saturated rings. The van der Waals surface area contributed by atoms with Crippen molar-refractivity contribution in [2.75, 3.05) is 46.1 Å². The number of rotatable bonds is 6. The van der Waals surface area contributed by atoms with E-state index in [0.717, 1.165) is 0 Å². The van der Waals surface area contributed by atoms with Gasteiger partial charge in [-0.25, -0.2) is 9.59 Å². The lowest BCUT2D eigenvalue weighted by Crippen LogP contribution is -2.39. The fraction of sp³-hybridized carbons (Fsp3) is 0.353. The van der Waals surface area contributed by atoms with Crippen LogP contribution < -0.4 is 15.0 Å². The van der Waals surface area contributed by atoms with Gasteiger partial charge in [0.15, 0.2) is 6.61 Å². The van der Waals surface area contributed by atoms with Crippen LogP contribution in [0.15, 0.2) is 33.9 Å². The number of anilines is 1. The van der Waals surface area contributed by atoms with Crippen LogP contribution in [0.1, 0.15) is 0 Å². The van der Waals surface area contributed by atoms with Crippen molar-refractivity contribution < 1.29 is 33.3 Å². The van der Waals surface area contributed by atoms with Crippen LogP contribution in [0.2, 0.25) is 0 Å². The topological polar surface area (TPSA) is 103 Å². The molecule has 0 radical (unpaired) electrons. The Morgan fingerprint density at radius 1 is 1.22 bits per heavy atom. The summed E-state index contributed by atoms with van der Waals surface area (Å²) in [6.45, 7) is -0.248. The van der Waals surface area contributed by atoms with E-state index in [4.69, 9.17) is 18.9 Å². The van der Waals surface area contributed by atoms with Crippen molar-refractivity contribution in [1.29, 1.82) is 0 Å². The highest BCUT2D eigenvalue weighted by atomic mass is 79.9. The quantitative estimate of drug-likeness (QED) is 0.649. The highest BCUT2D eigenvalue weighted by molar-refractivity contribution is 9.10. The van der Waals surface area contributed by atoms with Crippen LogP contribution in [0.25, 0.3) is 0 Å². The average molecular weight is 443 g/mol. The summed E-state index contributed by atoms with van der Waals surface area (Å²) in [5, 5.41) is 2.46. The molecule has 1 heterocycles. The molecule has 0 saturated heterocycles. The minimum Gasteiger partial charge on any atom is -0.484 e. The van der Waals surface area contributed by atoms with Gasteiger partial charge in [0.25, 0.3) is 5.91 Å². The second kappa shape index (κ2) is 9.38. The number of carbonyl (C=O) groups excluding carboxylic acids is 3. The van der Waals surface area contributed by atoms with Crippen LogP contribution in [-0.2, 0) is 28.6 Å². The Hall–Kier alpha value is -2.59. The first-order valence-corrected chi connectivity index (χ1v) is 8.60. The number of esters is 2. The third-order valence-electron chi connectivity index (χ3n) is 3.69. The van der Waals surface area contributed by atoms with Gasteiger partial charge in [-0.1, -0.05) is 0 Å². The van der Waals surface area contributed by atoms with Crippen molar-refractivity contribution in [3.05, 3.63) is 33.9 Å². The first kappa shape index (κ1) is 20.7. The molecule has 1 N–H and O–H groups in total. The van der Waals surface area contributed by atoms with Crippen molar-refractivity contribution in [3.8, 4) is 5.75 Å². The van der Waals surface area contributed by atoms with Crippen LogP contribution in [0.3, 0.4) is 0 Å². The van der Waals surface area contributed by atoms with Crippen LogP contribution in [0.4, 0.5) is 5.69 Å². The van der Waals surface area contributed by atoms with Gasteiger partial charge in [0, 0.05) is 17.6 Å². The van der Waals surface area contributed by atoms with E-state index in [1.165, 1.54) is 26.2 Å². The highest BCUT2D eigenvalue weighted by Gasteiger charge is 2.33. The molecular weight excluding hydrogens is 424 g/mol. The van der Waals surface area contributed by atoms with E-state index in [0.29, 0.717) is 15.9 Å². The molecule has 0 aliphatic carbocycles. The number of nitrogens with zero attached hydrogens (tertiary/aromatic N) is 1. The fourth-order valence-electron chi connectivity index (χ4n) is 2.34. The van der Waals surface area contributed by atoms with Crippen molar-refractivity contribution in [3.63, 3.8) is 0 Å². The first-order chi connectivity index (χ1) is 12.9. The molecule has 146 valence electrons. The molecule has 1 aliphatic rings. The SMILES string of the molecule is CNC(=O)COc1ccc(Br)c(N2COCC(C(=O)OC)=C2C(=O)OC)c1. The number of halogens is 1. The second-order valence-electron chi connectivity index (χ2n) is 5.29.